The molecule has 2 heterocycles. The van der Waals surface area contributed by atoms with Crippen LogP contribution in [0.2, 0.25) is 0 Å². The summed E-state index contributed by atoms with van der Waals surface area (Å²) in [5.41, 5.74) is 1.54. The molecule has 0 aliphatic carbocycles. The molecule has 0 saturated carbocycles. The van der Waals surface area contributed by atoms with Crippen molar-refractivity contribution in [1.29, 1.82) is 0 Å². The van der Waals surface area contributed by atoms with Crippen LogP contribution in [0, 0.1) is 11.8 Å². The van der Waals surface area contributed by atoms with E-state index < -0.39 is 29.7 Å². The molecule has 9 heteroatoms. The van der Waals surface area contributed by atoms with Gasteiger partial charge in [0, 0.05) is 18.1 Å². The molecule has 0 radical (unpaired) electrons. The van der Waals surface area contributed by atoms with Crippen LogP contribution in [-0.2, 0) is 17.4 Å². The van der Waals surface area contributed by atoms with Crippen LogP contribution in [0.5, 0.6) is 5.75 Å². The molecule has 3 atom stereocenters. The van der Waals surface area contributed by atoms with Crippen LogP contribution in [0.25, 0.3) is 10.9 Å². The number of halogens is 3. The Morgan fingerprint density at radius 2 is 2.00 bits per heavy atom. The summed E-state index contributed by atoms with van der Waals surface area (Å²) in [5.74, 6) is -0.718. The number of aryl methyl sites for hydroxylation is 1. The van der Waals surface area contributed by atoms with E-state index in [9.17, 15) is 28.2 Å². The van der Waals surface area contributed by atoms with Gasteiger partial charge in [0.2, 0.25) is 0 Å². The van der Waals surface area contributed by atoms with Gasteiger partial charge in [0.15, 0.2) is 0 Å². The monoisotopic (exact) mass is 544 g/mol. The minimum absolute atomic E-state index is 0.0406. The van der Waals surface area contributed by atoms with Gasteiger partial charge in [0.05, 0.1) is 30.2 Å². The van der Waals surface area contributed by atoms with E-state index in [1.165, 1.54) is 12.1 Å². The van der Waals surface area contributed by atoms with Crippen LogP contribution in [0.1, 0.15) is 54.9 Å². The number of aliphatic hydroxyl groups is 1. The van der Waals surface area contributed by atoms with Gasteiger partial charge in [-0.15, -0.1) is 0 Å². The fraction of sp³-hybridized carbons (Fsp3) is 0.467. The molecular formula is C30H35F3N2O4. The average molecular weight is 545 g/mol. The van der Waals surface area contributed by atoms with E-state index in [2.05, 4.69) is 9.88 Å². The smallest absolute Gasteiger partial charge is 0.416 e. The second-order valence-electron chi connectivity index (χ2n) is 10.3. The van der Waals surface area contributed by atoms with Gasteiger partial charge in [0.25, 0.3) is 0 Å². The number of alkyl halides is 3. The number of aliphatic hydroxyl groups excluding tert-OH is 1. The summed E-state index contributed by atoms with van der Waals surface area (Å²) in [4.78, 5) is 18.6. The summed E-state index contributed by atoms with van der Waals surface area (Å²) in [6, 6.07) is 12.7. The number of aliphatic carboxylic acids is 1. The zero-order chi connectivity index (χ0) is 28.0. The quantitative estimate of drug-likeness (QED) is 0.283. The van der Waals surface area contributed by atoms with E-state index in [1.54, 1.807) is 25.4 Å². The summed E-state index contributed by atoms with van der Waals surface area (Å²) < 4.78 is 44.1. The van der Waals surface area contributed by atoms with E-state index in [0.29, 0.717) is 43.7 Å². The van der Waals surface area contributed by atoms with Crippen molar-refractivity contribution < 1.29 is 32.9 Å². The third kappa shape index (κ3) is 7.48. The number of methoxy groups -OCH3 is 1. The summed E-state index contributed by atoms with van der Waals surface area (Å²) in [7, 11) is 1.59. The topological polar surface area (TPSA) is 82.9 Å². The lowest BCUT2D eigenvalue weighted by Crippen LogP contribution is -2.44. The number of carboxylic acid groups (broad SMARTS) is 1. The third-order valence-electron chi connectivity index (χ3n) is 7.75. The normalized spacial score (nSPS) is 19.2. The molecule has 1 aromatic heterocycles. The second-order valence-corrected chi connectivity index (χ2v) is 10.3. The Morgan fingerprint density at radius 3 is 2.74 bits per heavy atom. The van der Waals surface area contributed by atoms with Gasteiger partial charge in [-0.2, -0.15) is 13.2 Å². The lowest BCUT2D eigenvalue weighted by Gasteiger charge is -2.37. The van der Waals surface area contributed by atoms with E-state index in [4.69, 9.17) is 4.74 Å². The minimum Gasteiger partial charge on any atom is -0.497 e. The molecule has 2 N–H and O–H groups in total. The summed E-state index contributed by atoms with van der Waals surface area (Å²) in [6.07, 6.45) is 0.405. The Hall–Kier alpha value is -3.17. The van der Waals surface area contributed by atoms with Crippen molar-refractivity contribution in [2.75, 3.05) is 26.7 Å². The number of piperidine rings is 1. The van der Waals surface area contributed by atoms with Crippen molar-refractivity contribution in [3.63, 3.8) is 0 Å². The second kappa shape index (κ2) is 12.8. The first-order valence-electron chi connectivity index (χ1n) is 13.4. The first-order chi connectivity index (χ1) is 18.7. The fourth-order valence-corrected chi connectivity index (χ4v) is 5.56. The lowest BCUT2D eigenvalue weighted by molar-refractivity contribution is -0.146. The molecule has 2 aromatic carbocycles. The van der Waals surface area contributed by atoms with Crippen molar-refractivity contribution in [2.24, 2.45) is 11.8 Å². The number of pyridine rings is 1. The fourth-order valence-electron chi connectivity index (χ4n) is 5.56. The molecule has 210 valence electrons. The highest BCUT2D eigenvalue weighted by Gasteiger charge is 2.34. The van der Waals surface area contributed by atoms with Gasteiger partial charge in [-0.1, -0.05) is 18.2 Å². The van der Waals surface area contributed by atoms with Crippen LogP contribution in [-0.4, -0.2) is 52.8 Å². The molecule has 3 aromatic rings. The number of benzene rings is 2. The number of hydrogen-bond acceptors (Lipinski definition) is 5. The first-order valence-corrected chi connectivity index (χ1v) is 13.4. The summed E-state index contributed by atoms with van der Waals surface area (Å²) >= 11 is 0. The Balaban J connectivity index is 1.28. The zero-order valence-electron chi connectivity index (χ0n) is 22.0. The van der Waals surface area contributed by atoms with Gasteiger partial charge < -0.3 is 19.8 Å². The number of fused-ring (bicyclic) bond motifs is 1. The Morgan fingerprint density at radius 1 is 1.18 bits per heavy atom. The predicted molar refractivity (Wildman–Crippen MR) is 143 cm³/mol. The van der Waals surface area contributed by atoms with Gasteiger partial charge >= 0.3 is 12.1 Å². The molecule has 39 heavy (non-hydrogen) atoms. The number of likely N-dealkylation sites (tertiary alicyclic amines) is 1. The predicted octanol–water partition coefficient (Wildman–Crippen LogP) is 6.12. The Kier molecular flexibility index (Phi) is 9.45. The number of ether oxygens (including phenoxy) is 1. The maximum atomic E-state index is 12.9. The van der Waals surface area contributed by atoms with Crippen molar-refractivity contribution in [2.45, 2.75) is 50.8 Å². The van der Waals surface area contributed by atoms with Crippen molar-refractivity contribution in [3.05, 3.63) is 71.4 Å². The molecule has 0 bridgehead atoms. The van der Waals surface area contributed by atoms with Gasteiger partial charge in [-0.25, -0.2) is 0 Å². The Bertz CT molecular complexity index is 1270. The van der Waals surface area contributed by atoms with Crippen LogP contribution < -0.4 is 4.74 Å². The van der Waals surface area contributed by atoms with Crippen molar-refractivity contribution in [3.8, 4) is 5.75 Å². The zero-order valence-corrected chi connectivity index (χ0v) is 22.0. The number of unbranched alkanes of at least 4 members (excludes halogenated alkanes) is 1. The van der Waals surface area contributed by atoms with Crippen LogP contribution in [0.15, 0.2) is 54.7 Å². The van der Waals surface area contributed by atoms with Gasteiger partial charge in [-0.05, 0) is 99.0 Å². The molecular weight excluding hydrogens is 509 g/mol. The van der Waals surface area contributed by atoms with Crippen LogP contribution in [0.4, 0.5) is 13.2 Å². The highest BCUT2D eigenvalue weighted by atomic mass is 19.4. The molecule has 4 rings (SSSR count). The van der Waals surface area contributed by atoms with Gasteiger partial charge in [-0.3, -0.25) is 9.78 Å². The van der Waals surface area contributed by atoms with E-state index >= 15 is 0 Å². The molecule has 1 fully saturated rings. The third-order valence-corrected chi connectivity index (χ3v) is 7.75. The SMILES string of the molecule is COc1ccc2nccc([C@H](O)CC[C@@H]3CCN(CCCCc4cccc(C(F)(F)F)c4)C[C@@H]3C(=O)O)c2c1. The van der Waals surface area contributed by atoms with Crippen molar-refractivity contribution in [1.82, 2.24) is 9.88 Å². The molecule has 1 aliphatic rings. The number of hydrogen-bond donors (Lipinski definition) is 2. The molecule has 0 amide bonds. The molecule has 1 saturated heterocycles. The van der Waals surface area contributed by atoms with E-state index in [1.807, 2.05) is 18.2 Å². The largest absolute Gasteiger partial charge is 0.497 e. The van der Waals surface area contributed by atoms with E-state index in [0.717, 1.165) is 48.3 Å². The maximum absolute atomic E-state index is 12.9. The molecule has 1 aliphatic heterocycles. The number of rotatable bonds is 11. The number of carboxylic acids is 1. The molecule has 0 spiro atoms. The molecule has 0 unspecified atom stereocenters. The summed E-state index contributed by atoms with van der Waals surface area (Å²) in [5, 5.41) is 21.7. The highest BCUT2D eigenvalue weighted by molar-refractivity contribution is 5.83. The van der Waals surface area contributed by atoms with Crippen LogP contribution in [0.3, 0.4) is 0 Å². The Labute approximate surface area is 226 Å². The molecule has 6 nitrogen and oxygen atoms in total. The number of carbonyl (C=O) groups is 1. The summed E-state index contributed by atoms with van der Waals surface area (Å²) in [6.45, 7) is 1.92. The number of aromatic nitrogens is 1. The van der Waals surface area contributed by atoms with Crippen LogP contribution >= 0.6 is 0 Å². The first kappa shape index (κ1) is 28.8. The standard InChI is InChI=1S/C30H35F3N2O4/c1-39-23-9-10-27-25(18-23)24(12-14-34-27)28(36)11-8-21-13-16-35(19-26(21)29(37)38)15-3-2-5-20-6-4-7-22(17-20)30(31,32)33/h4,6-7,9-10,12,14,17-18,21,26,28,36H,2-3,5,8,11,13,15-16,19H2,1H3,(H,37,38)/t21-,26+,28-/m1/s1. The maximum Gasteiger partial charge on any atom is 0.416 e. The highest BCUT2D eigenvalue weighted by Crippen LogP contribution is 2.34. The van der Waals surface area contributed by atoms with Gasteiger partial charge in [0.1, 0.15) is 5.75 Å². The lowest BCUT2D eigenvalue weighted by atomic mass is 9.81. The minimum atomic E-state index is -4.35. The van der Waals surface area contributed by atoms with Crippen molar-refractivity contribution >= 4 is 16.9 Å². The average Bonchev–Trinajstić information content (AvgIpc) is 2.93. The van der Waals surface area contributed by atoms with E-state index in [-0.39, 0.29) is 5.92 Å². The number of nitrogens with zero attached hydrogens (tertiary/aromatic N) is 2.